The number of phosphoric ester groups is 1. The summed E-state index contributed by atoms with van der Waals surface area (Å²) in [6, 6.07) is 0. The summed E-state index contributed by atoms with van der Waals surface area (Å²) in [5.41, 5.74) is 0. The van der Waals surface area contributed by atoms with Gasteiger partial charge in [-0.25, -0.2) is 4.57 Å². The van der Waals surface area contributed by atoms with Gasteiger partial charge >= 0.3 is 19.8 Å². The molecule has 0 aliphatic rings. The van der Waals surface area contributed by atoms with E-state index in [0.29, 0.717) is 12.8 Å². The van der Waals surface area contributed by atoms with Gasteiger partial charge in [0.25, 0.3) is 0 Å². The molecule has 11 heteroatoms. The topological polar surface area (TPSA) is 149 Å². The van der Waals surface area contributed by atoms with Crippen molar-refractivity contribution >= 4 is 19.8 Å². The van der Waals surface area contributed by atoms with Crippen molar-refractivity contribution in [3.05, 3.63) is 24.3 Å². The number of ether oxygens (including phenoxy) is 2. The molecule has 0 fully saturated rings. The van der Waals surface area contributed by atoms with Crippen LogP contribution < -0.4 is 0 Å². The summed E-state index contributed by atoms with van der Waals surface area (Å²) < 4.78 is 32.8. The fourth-order valence-corrected chi connectivity index (χ4v) is 7.28. The molecular weight excluding hydrogens is 743 g/mol. The van der Waals surface area contributed by atoms with Gasteiger partial charge in [0.05, 0.1) is 19.8 Å². The molecular formula is C46H87O10P. The highest BCUT2D eigenvalue weighted by atomic mass is 31.2. The third-order valence-electron chi connectivity index (χ3n) is 10.1. The molecule has 0 radical (unpaired) electrons. The molecule has 0 aliphatic carbocycles. The molecule has 336 valence electrons. The van der Waals surface area contributed by atoms with E-state index in [4.69, 9.17) is 23.6 Å². The van der Waals surface area contributed by atoms with E-state index in [0.717, 1.165) is 44.9 Å². The predicted octanol–water partition coefficient (Wildman–Crippen LogP) is 12.6. The molecule has 0 rings (SSSR count). The van der Waals surface area contributed by atoms with Crippen LogP contribution in [-0.4, -0.2) is 65.7 Å². The van der Waals surface area contributed by atoms with Crippen LogP contribution in [0.15, 0.2) is 24.3 Å². The highest BCUT2D eigenvalue weighted by Gasteiger charge is 2.27. The number of rotatable bonds is 44. The zero-order valence-electron chi connectivity index (χ0n) is 36.6. The lowest BCUT2D eigenvalue weighted by Crippen LogP contribution is -2.29. The van der Waals surface area contributed by atoms with Gasteiger partial charge in [-0.3, -0.25) is 18.6 Å². The molecule has 0 bridgehead atoms. The number of aliphatic hydroxyl groups is 2. The number of hydrogen-bond acceptors (Lipinski definition) is 9. The highest BCUT2D eigenvalue weighted by molar-refractivity contribution is 7.47. The van der Waals surface area contributed by atoms with Crippen LogP contribution in [0.25, 0.3) is 0 Å². The first kappa shape index (κ1) is 55.5. The minimum absolute atomic E-state index is 0.185. The molecule has 3 N–H and O–H groups in total. The number of allylic oxidation sites excluding steroid dienone is 4. The van der Waals surface area contributed by atoms with Crippen LogP contribution in [0.1, 0.15) is 219 Å². The van der Waals surface area contributed by atoms with Gasteiger partial charge in [0.15, 0.2) is 6.10 Å². The number of hydrogen-bond donors (Lipinski definition) is 3. The average Bonchev–Trinajstić information content (AvgIpc) is 3.20. The van der Waals surface area contributed by atoms with Gasteiger partial charge in [0, 0.05) is 12.8 Å². The quantitative estimate of drug-likeness (QED) is 0.0234. The Morgan fingerprint density at radius 2 is 0.912 bits per heavy atom. The van der Waals surface area contributed by atoms with Gasteiger partial charge in [-0.05, 0) is 44.9 Å². The Morgan fingerprint density at radius 1 is 0.526 bits per heavy atom. The molecule has 0 aromatic carbocycles. The van der Waals surface area contributed by atoms with Crippen molar-refractivity contribution in [3.63, 3.8) is 0 Å². The molecule has 0 heterocycles. The lowest BCUT2D eigenvalue weighted by atomic mass is 10.0. The lowest BCUT2D eigenvalue weighted by molar-refractivity contribution is -0.161. The van der Waals surface area contributed by atoms with Crippen molar-refractivity contribution in [2.45, 2.75) is 232 Å². The van der Waals surface area contributed by atoms with Crippen LogP contribution in [0.3, 0.4) is 0 Å². The Bertz CT molecular complexity index is 1000. The standard InChI is InChI=1S/C46H87O10P/c1-3-5-7-9-11-13-15-17-18-19-20-21-22-23-24-26-28-30-32-34-36-38-46(50)56-44(42-55-57(51,52)54-40-43(48)39-47)41-53-45(49)37-35-33-31-29-27-25-16-14-12-10-8-6-4-2/h11,13,17-18,43-44,47-48H,3-10,12,14-16,19-42H2,1-2H3,(H,51,52)/b13-11-,18-17-/t43-,44+/m0/s1. The zero-order valence-corrected chi connectivity index (χ0v) is 37.5. The first-order valence-electron chi connectivity index (χ1n) is 23.3. The zero-order chi connectivity index (χ0) is 41.9. The predicted molar refractivity (Wildman–Crippen MR) is 233 cm³/mol. The number of carbonyl (C=O) groups excluding carboxylic acids is 2. The van der Waals surface area contributed by atoms with Gasteiger partial charge in [0.1, 0.15) is 12.7 Å². The number of unbranched alkanes of at least 4 members (excludes halogenated alkanes) is 26. The molecule has 57 heavy (non-hydrogen) atoms. The molecule has 0 saturated carbocycles. The molecule has 0 aliphatic heterocycles. The Hall–Kier alpha value is -1.55. The summed E-state index contributed by atoms with van der Waals surface area (Å²) >= 11 is 0. The summed E-state index contributed by atoms with van der Waals surface area (Å²) in [6.45, 7) is 2.38. The molecule has 0 spiro atoms. The summed E-state index contributed by atoms with van der Waals surface area (Å²) in [5.74, 6) is -0.917. The molecule has 0 saturated heterocycles. The normalized spacial score (nSPS) is 14.0. The minimum atomic E-state index is -4.61. The first-order chi connectivity index (χ1) is 27.7. The second-order valence-electron chi connectivity index (χ2n) is 15.8. The van der Waals surface area contributed by atoms with E-state index in [1.165, 1.54) is 135 Å². The fourth-order valence-electron chi connectivity index (χ4n) is 6.50. The summed E-state index contributed by atoms with van der Waals surface area (Å²) in [7, 11) is -4.61. The summed E-state index contributed by atoms with van der Waals surface area (Å²) in [5, 5.41) is 18.3. The van der Waals surface area contributed by atoms with Crippen LogP contribution in [0, 0.1) is 0 Å². The van der Waals surface area contributed by atoms with Crippen molar-refractivity contribution in [3.8, 4) is 0 Å². The Balaban J connectivity index is 4.20. The van der Waals surface area contributed by atoms with Crippen molar-refractivity contribution in [1.82, 2.24) is 0 Å². The largest absolute Gasteiger partial charge is 0.472 e. The van der Waals surface area contributed by atoms with E-state index in [2.05, 4.69) is 38.2 Å². The summed E-state index contributed by atoms with van der Waals surface area (Å²) in [6.07, 6.45) is 42.8. The van der Waals surface area contributed by atoms with Gasteiger partial charge in [-0.15, -0.1) is 0 Å². The van der Waals surface area contributed by atoms with Crippen molar-refractivity contribution in [2.24, 2.45) is 0 Å². The second-order valence-corrected chi connectivity index (χ2v) is 17.2. The van der Waals surface area contributed by atoms with E-state index in [1.54, 1.807) is 0 Å². The van der Waals surface area contributed by atoms with Crippen molar-refractivity contribution in [1.29, 1.82) is 0 Å². The molecule has 0 amide bonds. The number of carbonyl (C=O) groups is 2. The maximum absolute atomic E-state index is 12.6. The lowest BCUT2D eigenvalue weighted by Gasteiger charge is -2.20. The molecule has 0 aromatic rings. The van der Waals surface area contributed by atoms with Gasteiger partial charge in [-0.1, -0.05) is 186 Å². The maximum atomic E-state index is 12.6. The third-order valence-corrected chi connectivity index (χ3v) is 11.1. The molecule has 1 unspecified atom stereocenters. The van der Waals surface area contributed by atoms with Gasteiger partial charge in [0.2, 0.25) is 0 Å². The second kappa shape index (κ2) is 42.6. The van der Waals surface area contributed by atoms with E-state index in [-0.39, 0.29) is 19.4 Å². The SMILES string of the molecule is CCCCC/C=C\C/C=C\CCCCCCCCCCCCCC(=O)O[C@H](COC(=O)CCCCCCCCCCCCCCC)COP(=O)(O)OC[C@@H](O)CO. The Kier molecular flexibility index (Phi) is 41.4. The Labute approximate surface area is 348 Å². The average molecular weight is 831 g/mol. The molecule has 0 aromatic heterocycles. The Morgan fingerprint density at radius 3 is 1.39 bits per heavy atom. The smallest absolute Gasteiger partial charge is 0.462 e. The highest BCUT2D eigenvalue weighted by Crippen LogP contribution is 2.43. The van der Waals surface area contributed by atoms with E-state index in [9.17, 15) is 24.2 Å². The fraction of sp³-hybridized carbons (Fsp3) is 0.870. The maximum Gasteiger partial charge on any atom is 0.472 e. The van der Waals surface area contributed by atoms with E-state index in [1.807, 2.05) is 0 Å². The van der Waals surface area contributed by atoms with E-state index >= 15 is 0 Å². The number of phosphoric acid groups is 1. The van der Waals surface area contributed by atoms with Gasteiger partial charge < -0.3 is 24.6 Å². The number of aliphatic hydroxyl groups excluding tert-OH is 2. The van der Waals surface area contributed by atoms with Crippen molar-refractivity contribution in [2.75, 3.05) is 26.4 Å². The third kappa shape index (κ3) is 42.4. The van der Waals surface area contributed by atoms with E-state index < -0.39 is 51.8 Å². The van der Waals surface area contributed by atoms with Crippen LogP contribution in [0.5, 0.6) is 0 Å². The van der Waals surface area contributed by atoms with Crippen LogP contribution in [0.2, 0.25) is 0 Å². The minimum Gasteiger partial charge on any atom is -0.462 e. The number of esters is 2. The van der Waals surface area contributed by atoms with Crippen molar-refractivity contribution < 1.29 is 47.8 Å². The van der Waals surface area contributed by atoms with Crippen LogP contribution in [0.4, 0.5) is 0 Å². The van der Waals surface area contributed by atoms with Crippen LogP contribution >= 0.6 is 7.82 Å². The monoisotopic (exact) mass is 831 g/mol. The first-order valence-corrected chi connectivity index (χ1v) is 24.8. The van der Waals surface area contributed by atoms with Gasteiger partial charge in [-0.2, -0.15) is 0 Å². The summed E-state index contributed by atoms with van der Waals surface area (Å²) in [4.78, 5) is 35.0. The molecule has 10 nitrogen and oxygen atoms in total. The molecule has 3 atom stereocenters. The van der Waals surface area contributed by atoms with Crippen LogP contribution in [-0.2, 0) is 32.7 Å².